The first-order chi connectivity index (χ1) is 8.01. The number of rotatable bonds is 6. The zero-order valence-corrected chi connectivity index (χ0v) is 11.8. The first-order valence-corrected chi connectivity index (χ1v) is 7.05. The molecule has 1 fully saturated rings. The molecule has 0 unspecified atom stereocenters. The molecule has 0 spiro atoms. The fraction of sp³-hybridized carbons (Fsp3) is 1.00. The van der Waals surface area contributed by atoms with Gasteiger partial charge in [0.05, 0.1) is 0 Å². The van der Waals surface area contributed by atoms with Crippen molar-refractivity contribution in [1.29, 1.82) is 0 Å². The van der Waals surface area contributed by atoms with Crippen molar-refractivity contribution in [1.82, 2.24) is 10.2 Å². The summed E-state index contributed by atoms with van der Waals surface area (Å²) in [4.78, 5) is 2.55. The monoisotopic (exact) mass is 242 g/mol. The molecule has 3 heteroatoms. The lowest BCUT2D eigenvalue weighted by molar-refractivity contribution is 0.141. The summed E-state index contributed by atoms with van der Waals surface area (Å²) in [5, 5.41) is 12.4. The molecular formula is C14H30N2O. The lowest BCUT2D eigenvalue weighted by Gasteiger charge is -2.34. The van der Waals surface area contributed by atoms with Crippen LogP contribution in [0.25, 0.3) is 0 Å². The summed E-state index contributed by atoms with van der Waals surface area (Å²) < 4.78 is 0. The molecule has 1 rings (SSSR count). The van der Waals surface area contributed by atoms with Crippen LogP contribution < -0.4 is 5.32 Å². The van der Waals surface area contributed by atoms with E-state index in [2.05, 4.69) is 31.0 Å². The summed E-state index contributed by atoms with van der Waals surface area (Å²) in [6.07, 6.45) is 3.51. The number of aliphatic hydroxyl groups is 1. The SMILES string of the molecule is CC(C)(C)CN(CCCO)CC1CCNCC1. The van der Waals surface area contributed by atoms with Gasteiger partial charge in [-0.2, -0.15) is 0 Å². The minimum absolute atomic E-state index is 0.312. The van der Waals surface area contributed by atoms with E-state index in [0.717, 1.165) is 25.4 Å². The Morgan fingerprint density at radius 2 is 1.88 bits per heavy atom. The highest BCUT2D eigenvalue weighted by Gasteiger charge is 2.20. The van der Waals surface area contributed by atoms with Crippen molar-refractivity contribution in [2.24, 2.45) is 11.3 Å². The molecule has 0 aromatic rings. The first-order valence-electron chi connectivity index (χ1n) is 7.05. The number of piperidine rings is 1. The zero-order valence-electron chi connectivity index (χ0n) is 11.8. The highest BCUT2D eigenvalue weighted by molar-refractivity contribution is 4.75. The third kappa shape index (κ3) is 7.02. The normalized spacial score (nSPS) is 18.9. The summed E-state index contributed by atoms with van der Waals surface area (Å²) in [7, 11) is 0. The van der Waals surface area contributed by atoms with Gasteiger partial charge in [0.1, 0.15) is 0 Å². The van der Waals surface area contributed by atoms with Gasteiger partial charge in [-0.05, 0) is 43.7 Å². The van der Waals surface area contributed by atoms with Gasteiger partial charge in [-0.3, -0.25) is 0 Å². The Morgan fingerprint density at radius 3 is 2.41 bits per heavy atom. The molecule has 102 valence electrons. The van der Waals surface area contributed by atoms with E-state index in [0.29, 0.717) is 12.0 Å². The molecule has 1 aliphatic rings. The van der Waals surface area contributed by atoms with E-state index in [1.165, 1.54) is 32.5 Å². The smallest absolute Gasteiger partial charge is 0.0443 e. The Hall–Kier alpha value is -0.120. The highest BCUT2D eigenvalue weighted by atomic mass is 16.3. The molecule has 17 heavy (non-hydrogen) atoms. The molecule has 3 nitrogen and oxygen atoms in total. The molecule has 0 atom stereocenters. The largest absolute Gasteiger partial charge is 0.396 e. The van der Waals surface area contributed by atoms with Crippen molar-refractivity contribution in [2.45, 2.75) is 40.0 Å². The van der Waals surface area contributed by atoms with Gasteiger partial charge >= 0.3 is 0 Å². The van der Waals surface area contributed by atoms with Crippen molar-refractivity contribution in [2.75, 3.05) is 39.3 Å². The Kier molecular flexibility index (Phi) is 6.45. The van der Waals surface area contributed by atoms with E-state index >= 15 is 0 Å². The van der Waals surface area contributed by atoms with Gasteiger partial charge < -0.3 is 15.3 Å². The molecule has 2 N–H and O–H groups in total. The molecule has 1 saturated heterocycles. The molecule has 1 heterocycles. The maximum atomic E-state index is 8.98. The number of hydrogen-bond donors (Lipinski definition) is 2. The third-order valence-electron chi connectivity index (χ3n) is 3.31. The van der Waals surface area contributed by atoms with Gasteiger partial charge in [-0.25, -0.2) is 0 Å². The molecule has 1 aliphatic heterocycles. The number of hydrogen-bond acceptors (Lipinski definition) is 3. The summed E-state index contributed by atoms with van der Waals surface area (Å²) >= 11 is 0. The van der Waals surface area contributed by atoms with E-state index in [1.54, 1.807) is 0 Å². The van der Waals surface area contributed by atoms with Gasteiger partial charge in [0.25, 0.3) is 0 Å². The van der Waals surface area contributed by atoms with Gasteiger partial charge in [0.2, 0.25) is 0 Å². The maximum absolute atomic E-state index is 8.98. The lowest BCUT2D eigenvalue weighted by Crippen LogP contribution is -2.40. The Balaban J connectivity index is 2.38. The van der Waals surface area contributed by atoms with Crippen LogP contribution >= 0.6 is 0 Å². The van der Waals surface area contributed by atoms with Gasteiger partial charge in [0, 0.05) is 26.2 Å². The number of aliphatic hydroxyl groups excluding tert-OH is 1. The van der Waals surface area contributed by atoms with E-state index in [-0.39, 0.29) is 0 Å². The van der Waals surface area contributed by atoms with Crippen molar-refractivity contribution < 1.29 is 5.11 Å². The van der Waals surface area contributed by atoms with E-state index in [9.17, 15) is 0 Å². The predicted octanol–water partition coefficient (Wildman–Crippen LogP) is 1.72. The average Bonchev–Trinajstić information content (AvgIpc) is 2.25. The Morgan fingerprint density at radius 1 is 1.24 bits per heavy atom. The summed E-state index contributed by atoms with van der Waals surface area (Å²) in [6.45, 7) is 12.9. The predicted molar refractivity (Wildman–Crippen MR) is 73.2 cm³/mol. The standard InChI is InChI=1S/C14H30N2O/c1-14(2,3)12-16(9-4-10-17)11-13-5-7-15-8-6-13/h13,15,17H,4-12H2,1-3H3. The molecule has 0 bridgehead atoms. The summed E-state index contributed by atoms with van der Waals surface area (Å²) in [5.74, 6) is 0.845. The van der Waals surface area contributed by atoms with Crippen LogP contribution in [0.1, 0.15) is 40.0 Å². The highest BCUT2D eigenvalue weighted by Crippen LogP contribution is 2.19. The van der Waals surface area contributed by atoms with Crippen molar-refractivity contribution in [3.8, 4) is 0 Å². The number of nitrogens with zero attached hydrogens (tertiary/aromatic N) is 1. The quantitative estimate of drug-likeness (QED) is 0.744. The molecule has 0 aromatic heterocycles. The topological polar surface area (TPSA) is 35.5 Å². The van der Waals surface area contributed by atoms with Gasteiger partial charge in [-0.15, -0.1) is 0 Å². The van der Waals surface area contributed by atoms with Crippen LogP contribution in [0.15, 0.2) is 0 Å². The van der Waals surface area contributed by atoms with E-state index < -0.39 is 0 Å². The minimum Gasteiger partial charge on any atom is -0.396 e. The maximum Gasteiger partial charge on any atom is 0.0443 e. The zero-order chi connectivity index (χ0) is 12.7. The second-order valence-corrected chi connectivity index (χ2v) is 6.57. The second kappa shape index (κ2) is 7.34. The molecule has 0 saturated carbocycles. The molecule has 0 amide bonds. The summed E-state index contributed by atoms with van der Waals surface area (Å²) in [6, 6.07) is 0. The fourth-order valence-corrected chi connectivity index (χ4v) is 2.63. The molecule has 0 radical (unpaired) electrons. The van der Waals surface area contributed by atoms with Crippen molar-refractivity contribution in [3.63, 3.8) is 0 Å². The first kappa shape index (κ1) is 14.9. The Labute approximate surface area is 107 Å². The van der Waals surface area contributed by atoms with E-state index in [1.807, 2.05) is 0 Å². The van der Waals surface area contributed by atoms with Crippen LogP contribution in [0.3, 0.4) is 0 Å². The lowest BCUT2D eigenvalue weighted by atomic mass is 9.93. The summed E-state index contributed by atoms with van der Waals surface area (Å²) in [5.41, 5.74) is 0.350. The van der Waals surface area contributed by atoms with Crippen LogP contribution in [0, 0.1) is 11.3 Å². The second-order valence-electron chi connectivity index (χ2n) is 6.57. The van der Waals surface area contributed by atoms with E-state index in [4.69, 9.17) is 5.11 Å². The minimum atomic E-state index is 0.312. The van der Waals surface area contributed by atoms with Gasteiger partial charge in [-0.1, -0.05) is 20.8 Å². The Bertz CT molecular complexity index is 195. The van der Waals surface area contributed by atoms with Gasteiger partial charge in [0.15, 0.2) is 0 Å². The van der Waals surface area contributed by atoms with Crippen molar-refractivity contribution in [3.05, 3.63) is 0 Å². The van der Waals surface area contributed by atoms with Crippen molar-refractivity contribution >= 4 is 0 Å². The van der Waals surface area contributed by atoms with Crippen LogP contribution in [-0.2, 0) is 0 Å². The average molecular weight is 242 g/mol. The molecule has 0 aliphatic carbocycles. The van der Waals surface area contributed by atoms with Crippen LogP contribution in [0.4, 0.5) is 0 Å². The molecular weight excluding hydrogens is 212 g/mol. The fourth-order valence-electron chi connectivity index (χ4n) is 2.63. The third-order valence-corrected chi connectivity index (χ3v) is 3.31. The molecule has 0 aromatic carbocycles. The van der Waals surface area contributed by atoms with Crippen LogP contribution in [0.2, 0.25) is 0 Å². The van der Waals surface area contributed by atoms with Crippen LogP contribution in [0.5, 0.6) is 0 Å². The van der Waals surface area contributed by atoms with Crippen LogP contribution in [-0.4, -0.2) is 49.3 Å². The number of nitrogens with one attached hydrogen (secondary N) is 1.